The van der Waals surface area contributed by atoms with Crippen LogP contribution in [0.1, 0.15) is 12.2 Å². The van der Waals surface area contributed by atoms with Crippen LogP contribution in [0.25, 0.3) is 11.3 Å². The normalized spacial score (nSPS) is 16.4. The molecule has 122 valence electrons. The molecule has 2 amide bonds. The van der Waals surface area contributed by atoms with Crippen LogP contribution in [-0.4, -0.2) is 32.0 Å². The van der Waals surface area contributed by atoms with Crippen LogP contribution in [0.15, 0.2) is 47.2 Å². The lowest BCUT2D eigenvalue weighted by atomic mass is 10.1. The SMILES string of the molecule is O=C(Nc1cc(-c2ccccc2)on1)N[C@@H]1CCc2ncnn2C1. The zero-order valence-corrected chi connectivity index (χ0v) is 12.8. The van der Waals surface area contributed by atoms with Crippen molar-refractivity contribution in [3.8, 4) is 11.3 Å². The van der Waals surface area contributed by atoms with Crippen molar-refractivity contribution >= 4 is 11.8 Å². The van der Waals surface area contributed by atoms with E-state index in [0.717, 1.165) is 24.2 Å². The van der Waals surface area contributed by atoms with Crippen molar-refractivity contribution in [3.05, 3.63) is 48.5 Å². The van der Waals surface area contributed by atoms with Gasteiger partial charge in [-0.2, -0.15) is 5.10 Å². The van der Waals surface area contributed by atoms with Gasteiger partial charge in [-0.3, -0.25) is 5.32 Å². The van der Waals surface area contributed by atoms with Gasteiger partial charge < -0.3 is 9.84 Å². The highest BCUT2D eigenvalue weighted by Crippen LogP contribution is 2.21. The maximum absolute atomic E-state index is 12.1. The van der Waals surface area contributed by atoms with Gasteiger partial charge in [-0.05, 0) is 6.42 Å². The van der Waals surface area contributed by atoms with Crippen molar-refractivity contribution in [2.24, 2.45) is 0 Å². The second-order valence-corrected chi connectivity index (χ2v) is 5.63. The third-order valence-corrected chi connectivity index (χ3v) is 3.95. The van der Waals surface area contributed by atoms with Crippen molar-refractivity contribution in [3.63, 3.8) is 0 Å². The molecule has 0 radical (unpaired) electrons. The van der Waals surface area contributed by atoms with Crippen LogP contribution in [0.5, 0.6) is 0 Å². The molecule has 2 aromatic heterocycles. The summed E-state index contributed by atoms with van der Waals surface area (Å²) >= 11 is 0. The molecule has 1 aromatic carbocycles. The molecule has 0 unspecified atom stereocenters. The van der Waals surface area contributed by atoms with Crippen molar-refractivity contribution in [2.75, 3.05) is 5.32 Å². The monoisotopic (exact) mass is 324 g/mol. The van der Waals surface area contributed by atoms with Gasteiger partial charge in [-0.25, -0.2) is 14.5 Å². The first-order valence-electron chi connectivity index (χ1n) is 7.74. The number of hydrogen-bond donors (Lipinski definition) is 2. The number of anilines is 1. The van der Waals surface area contributed by atoms with E-state index in [0.29, 0.717) is 18.1 Å². The number of aromatic nitrogens is 4. The van der Waals surface area contributed by atoms with Crippen LogP contribution in [0.4, 0.5) is 10.6 Å². The summed E-state index contributed by atoms with van der Waals surface area (Å²) in [7, 11) is 0. The Bertz CT molecular complexity index is 841. The first-order valence-corrected chi connectivity index (χ1v) is 7.74. The number of aryl methyl sites for hydroxylation is 1. The summed E-state index contributed by atoms with van der Waals surface area (Å²) in [6.07, 6.45) is 3.17. The van der Waals surface area contributed by atoms with E-state index in [4.69, 9.17) is 4.52 Å². The molecule has 0 spiro atoms. The van der Waals surface area contributed by atoms with Gasteiger partial charge in [-0.1, -0.05) is 35.5 Å². The maximum Gasteiger partial charge on any atom is 0.320 e. The van der Waals surface area contributed by atoms with Crippen LogP contribution in [0.2, 0.25) is 0 Å². The summed E-state index contributed by atoms with van der Waals surface area (Å²) < 4.78 is 7.08. The molecule has 8 nitrogen and oxygen atoms in total. The minimum atomic E-state index is -0.309. The van der Waals surface area contributed by atoms with E-state index in [9.17, 15) is 4.79 Å². The Morgan fingerprint density at radius 3 is 3.04 bits per heavy atom. The van der Waals surface area contributed by atoms with E-state index in [2.05, 4.69) is 25.9 Å². The van der Waals surface area contributed by atoms with Crippen molar-refractivity contribution in [2.45, 2.75) is 25.4 Å². The van der Waals surface area contributed by atoms with E-state index in [1.165, 1.54) is 6.33 Å². The van der Waals surface area contributed by atoms with Crippen molar-refractivity contribution in [1.29, 1.82) is 0 Å². The molecule has 0 saturated heterocycles. The number of urea groups is 1. The van der Waals surface area contributed by atoms with Gasteiger partial charge in [0.1, 0.15) is 12.2 Å². The smallest absolute Gasteiger partial charge is 0.320 e. The van der Waals surface area contributed by atoms with E-state index >= 15 is 0 Å². The van der Waals surface area contributed by atoms with Gasteiger partial charge >= 0.3 is 6.03 Å². The van der Waals surface area contributed by atoms with E-state index < -0.39 is 0 Å². The van der Waals surface area contributed by atoms with Gasteiger partial charge in [0, 0.05) is 18.1 Å². The Balaban J connectivity index is 1.36. The molecule has 8 heteroatoms. The molecule has 0 saturated carbocycles. The minimum absolute atomic E-state index is 0.0136. The van der Waals surface area contributed by atoms with Gasteiger partial charge in [0.25, 0.3) is 0 Å². The first-order chi connectivity index (χ1) is 11.8. The molecule has 4 rings (SSSR count). The summed E-state index contributed by atoms with van der Waals surface area (Å²) in [6, 6.07) is 11.0. The van der Waals surface area contributed by atoms with Crippen molar-refractivity contribution in [1.82, 2.24) is 25.2 Å². The molecule has 1 aliphatic heterocycles. The summed E-state index contributed by atoms with van der Waals surface area (Å²) in [5.74, 6) is 1.94. The third kappa shape index (κ3) is 2.98. The molecular formula is C16H16N6O2. The van der Waals surface area contributed by atoms with Crippen LogP contribution in [-0.2, 0) is 13.0 Å². The zero-order valence-electron chi connectivity index (χ0n) is 12.8. The van der Waals surface area contributed by atoms with Crippen LogP contribution < -0.4 is 10.6 Å². The highest BCUT2D eigenvalue weighted by molar-refractivity contribution is 5.88. The van der Waals surface area contributed by atoms with E-state index in [1.807, 2.05) is 35.0 Å². The fourth-order valence-electron chi connectivity index (χ4n) is 2.77. The number of fused-ring (bicyclic) bond motifs is 1. The molecule has 3 aromatic rings. The van der Waals surface area contributed by atoms with Gasteiger partial charge in [0.2, 0.25) is 0 Å². The predicted octanol–water partition coefficient (Wildman–Crippen LogP) is 2.07. The molecule has 24 heavy (non-hydrogen) atoms. The average molecular weight is 324 g/mol. The van der Waals surface area contributed by atoms with Crippen LogP contribution in [0.3, 0.4) is 0 Å². The molecule has 2 N–H and O–H groups in total. The Morgan fingerprint density at radius 1 is 1.29 bits per heavy atom. The maximum atomic E-state index is 12.1. The average Bonchev–Trinajstić information content (AvgIpc) is 3.24. The topological polar surface area (TPSA) is 97.9 Å². The van der Waals surface area contributed by atoms with Crippen molar-refractivity contribution < 1.29 is 9.32 Å². The predicted molar refractivity (Wildman–Crippen MR) is 86.2 cm³/mol. The second-order valence-electron chi connectivity index (χ2n) is 5.63. The Morgan fingerprint density at radius 2 is 2.17 bits per heavy atom. The third-order valence-electron chi connectivity index (χ3n) is 3.95. The molecular weight excluding hydrogens is 308 g/mol. The van der Waals surface area contributed by atoms with Gasteiger partial charge in [0.15, 0.2) is 11.6 Å². The summed E-state index contributed by atoms with van der Waals surface area (Å²) in [5, 5.41) is 13.6. The van der Waals surface area contributed by atoms with Crippen LogP contribution in [0, 0.1) is 0 Å². The Hall–Kier alpha value is -3.16. The number of carbonyl (C=O) groups is 1. The quantitative estimate of drug-likeness (QED) is 0.768. The molecule has 3 heterocycles. The number of amides is 2. The first kappa shape index (κ1) is 14.4. The molecule has 0 fully saturated rings. The lowest BCUT2D eigenvalue weighted by Crippen LogP contribution is -2.43. The number of rotatable bonds is 3. The zero-order chi connectivity index (χ0) is 16.4. The minimum Gasteiger partial charge on any atom is -0.354 e. The summed E-state index contributed by atoms with van der Waals surface area (Å²) in [5.41, 5.74) is 0.907. The molecule has 0 bridgehead atoms. The van der Waals surface area contributed by atoms with Gasteiger partial charge in [-0.15, -0.1) is 0 Å². The highest BCUT2D eigenvalue weighted by atomic mass is 16.5. The molecule has 1 aliphatic rings. The number of hydrogen-bond acceptors (Lipinski definition) is 5. The van der Waals surface area contributed by atoms with E-state index in [1.54, 1.807) is 6.07 Å². The fraction of sp³-hybridized carbons (Fsp3) is 0.250. The molecule has 1 atom stereocenters. The number of nitrogens with one attached hydrogen (secondary N) is 2. The summed E-state index contributed by atoms with van der Waals surface area (Å²) in [6.45, 7) is 0.622. The molecule has 0 aliphatic carbocycles. The second kappa shape index (κ2) is 6.15. The Kier molecular flexibility index (Phi) is 3.70. The lowest BCUT2D eigenvalue weighted by molar-refractivity contribution is 0.243. The van der Waals surface area contributed by atoms with Gasteiger partial charge in [0.05, 0.1) is 12.6 Å². The lowest BCUT2D eigenvalue weighted by Gasteiger charge is -2.23. The highest BCUT2D eigenvalue weighted by Gasteiger charge is 2.21. The van der Waals surface area contributed by atoms with E-state index in [-0.39, 0.29) is 12.1 Å². The van der Waals surface area contributed by atoms with Crippen LogP contribution >= 0.6 is 0 Å². The fourth-order valence-corrected chi connectivity index (χ4v) is 2.77. The summed E-state index contributed by atoms with van der Waals surface area (Å²) in [4.78, 5) is 16.3. The number of benzene rings is 1. The number of nitrogens with zero attached hydrogens (tertiary/aromatic N) is 4. The Labute approximate surface area is 137 Å². The largest absolute Gasteiger partial charge is 0.354 e. The number of carbonyl (C=O) groups excluding carboxylic acids is 1. The standard InChI is InChI=1S/C16H16N6O2/c23-16(19-12-6-7-15-17-10-18-22(15)9-12)20-14-8-13(24-21-14)11-4-2-1-3-5-11/h1-5,8,10,12H,6-7,9H2,(H2,19,20,21,23)/t12-/m1/s1.